The number of aryl methyl sites for hydroxylation is 1. The second kappa shape index (κ2) is 9.07. The average Bonchev–Trinajstić information content (AvgIpc) is 3.68. The number of aromatic nitrogens is 1. The van der Waals surface area contributed by atoms with E-state index in [1.807, 2.05) is 43.3 Å². The lowest BCUT2D eigenvalue weighted by atomic mass is 9.93. The van der Waals surface area contributed by atoms with E-state index in [1.165, 1.54) is 24.0 Å². The average molecular weight is 455 g/mol. The molecule has 0 saturated heterocycles. The van der Waals surface area contributed by atoms with Crippen LogP contribution in [0.2, 0.25) is 0 Å². The van der Waals surface area contributed by atoms with Gasteiger partial charge in [0.05, 0.1) is 24.4 Å². The highest BCUT2D eigenvalue weighted by Gasteiger charge is 2.30. The van der Waals surface area contributed by atoms with Gasteiger partial charge in [-0.3, -0.25) is 9.78 Å². The zero-order valence-electron chi connectivity index (χ0n) is 20.0. The molecule has 174 valence electrons. The Morgan fingerprint density at radius 1 is 1.15 bits per heavy atom. The number of aliphatic hydroxyl groups excluding tert-OH is 1. The van der Waals surface area contributed by atoms with Crippen LogP contribution in [0.3, 0.4) is 0 Å². The quantitative estimate of drug-likeness (QED) is 0.522. The zero-order chi connectivity index (χ0) is 23.8. The Labute approximate surface area is 200 Å². The number of hydrogen-bond donors (Lipinski definition) is 1. The van der Waals surface area contributed by atoms with Gasteiger partial charge in [-0.05, 0) is 80.5 Å². The van der Waals surface area contributed by atoms with Gasteiger partial charge in [0, 0.05) is 23.0 Å². The summed E-state index contributed by atoms with van der Waals surface area (Å²) in [5, 5.41) is 10.5. The van der Waals surface area contributed by atoms with Gasteiger partial charge in [-0.15, -0.1) is 0 Å². The molecule has 3 aromatic rings. The van der Waals surface area contributed by atoms with Gasteiger partial charge in [0.25, 0.3) is 5.91 Å². The summed E-state index contributed by atoms with van der Waals surface area (Å²) in [5.41, 5.74) is 8.27. The van der Waals surface area contributed by atoms with Crippen LogP contribution in [-0.4, -0.2) is 29.1 Å². The summed E-state index contributed by atoms with van der Waals surface area (Å²) in [6.07, 6.45) is 6.31. The Balaban J connectivity index is 1.60. The molecule has 5 nitrogen and oxygen atoms in total. The van der Waals surface area contributed by atoms with Crippen molar-refractivity contribution in [1.82, 2.24) is 4.98 Å². The summed E-state index contributed by atoms with van der Waals surface area (Å²) in [4.78, 5) is 19.9. The maximum absolute atomic E-state index is 13.7. The minimum Gasteiger partial charge on any atom is -0.491 e. The SMILES string of the molecule is CC(C)=Cc1c(-c2cccc(N3CCOc4cc(C5CC5)ccc4C3=O)c2CO)ccnc1C. The number of rotatable bonds is 5. The number of benzene rings is 2. The van der Waals surface area contributed by atoms with E-state index in [2.05, 4.69) is 31.0 Å². The van der Waals surface area contributed by atoms with Crippen LogP contribution in [0, 0.1) is 6.92 Å². The molecular weight excluding hydrogens is 424 g/mol. The molecule has 0 atom stereocenters. The number of amides is 1. The minimum absolute atomic E-state index is 0.0999. The molecular formula is C29H30N2O3. The standard InChI is InChI=1S/C29H30N2O3/c1-18(2)15-25-19(3)30-12-11-23(25)22-5-4-6-27(26(22)17-32)31-13-14-34-28-16-21(20-7-8-20)9-10-24(28)29(31)33/h4-6,9-12,15-16,20,32H,7-8,13-14,17H2,1-3H3. The fourth-order valence-corrected chi connectivity index (χ4v) is 4.76. The number of allylic oxidation sites excluding steroid dienone is 1. The maximum atomic E-state index is 13.7. The lowest BCUT2D eigenvalue weighted by Crippen LogP contribution is -2.33. The van der Waals surface area contributed by atoms with E-state index in [0.717, 1.165) is 27.9 Å². The maximum Gasteiger partial charge on any atom is 0.262 e. The molecule has 5 heteroatoms. The first-order valence-electron chi connectivity index (χ1n) is 11.9. The first kappa shape index (κ1) is 22.4. The molecule has 0 unspecified atom stereocenters. The van der Waals surface area contributed by atoms with Crippen molar-refractivity contribution in [1.29, 1.82) is 0 Å². The summed E-state index contributed by atoms with van der Waals surface area (Å²) in [6.45, 7) is 6.74. The van der Waals surface area contributed by atoms with Crippen molar-refractivity contribution in [2.75, 3.05) is 18.1 Å². The van der Waals surface area contributed by atoms with Crippen molar-refractivity contribution in [3.63, 3.8) is 0 Å². The molecule has 1 saturated carbocycles. The highest BCUT2D eigenvalue weighted by molar-refractivity contribution is 6.09. The van der Waals surface area contributed by atoms with Crippen LogP contribution < -0.4 is 9.64 Å². The lowest BCUT2D eigenvalue weighted by molar-refractivity contribution is 0.0989. The van der Waals surface area contributed by atoms with E-state index < -0.39 is 0 Å². The summed E-state index contributed by atoms with van der Waals surface area (Å²) in [7, 11) is 0. The fourth-order valence-electron chi connectivity index (χ4n) is 4.76. The Hall–Kier alpha value is -3.44. The molecule has 34 heavy (non-hydrogen) atoms. The van der Waals surface area contributed by atoms with Crippen LogP contribution in [0.4, 0.5) is 5.69 Å². The number of hydrogen-bond acceptors (Lipinski definition) is 4. The summed E-state index contributed by atoms with van der Waals surface area (Å²) in [5.74, 6) is 1.16. The largest absolute Gasteiger partial charge is 0.491 e. The highest BCUT2D eigenvalue weighted by Crippen LogP contribution is 2.42. The predicted octanol–water partition coefficient (Wildman–Crippen LogP) is 5.89. The number of carbonyl (C=O) groups is 1. The molecule has 2 aromatic carbocycles. The Bertz CT molecular complexity index is 1290. The van der Waals surface area contributed by atoms with E-state index >= 15 is 0 Å². The van der Waals surface area contributed by atoms with Gasteiger partial charge < -0.3 is 14.7 Å². The molecule has 1 aromatic heterocycles. The Morgan fingerprint density at radius 3 is 2.71 bits per heavy atom. The second-order valence-corrected chi connectivity index (χ2v) is 9.38. The Morgan fingerprint density at radius 2 is 1.97 bits per heavy atom. The van der Waals surface area contributed by atoms with Crippen molar-refractivity contribution in [2.45, 2.75) is 46.1 Å². The van der Waals surface area contributed by atoms with E-state index in [4.69, 9.17) is 4.74 Å². The number of ether oxygens (including phenoxy) is 1. The first-order valence-corrected chi connectivity index (χ1v) is 11.9. The van der Waals surface area contributed by atoms with Crippen molar-refractivity contribution in [3.05, 3.63) is 82.2 Å². The van der Waals surface area contributed by atoms with Crippen LogP contribution >= 0.6 is 0 Å². The van der Waals surface area contributed by atoms with Crippen LogP contribution in [-0.2, 0) is 6.61 Å². The molecule has 2 heterocycles. The number of nitrogens with zero attached hydrogens (tertiary/aromatic N) is 2. The zero-order valence-corrected chi connectivity index (χ0v) is 20.0. The summed E-state index contributed by atoms with van der Waals surface area (Å²) < 4.78 is 6.02. The molecule has 1 N–H and O–H groups in total. The summed E-state index contributed by atoms with van der Waals surface area (Å²) in [6, 6.07) is 13.8. The number of aliphatic hydroxyl groups is 1. The van der Waals surface area contributed by atoms with Crippen LogP contribution in [0.15, 0.2) is 54.2 Å². The number of anilines is 1. The van der Waals surface area contributed by atoms with Gasteiger partial charge >= 0.3 is 0 Å². The van der Waals surface area contributed by atoms with E-state index in [0.29, 0.717) is 36.1 Å². The number of carbonyl (C=O) groups excluding carboxylic acids is 1. The third kappa shape index (κ3) is 4.12. The molecule has 0 radical (unpaired) electrons. The van der Waals surface area contributed by atoms with Crippen molar-refractivity contribution < 1.29 is 14.6 Å². The van der Waals surface area contributed by atoms with Gasteiger partial charge in [-0.1, -0.05) is 29.8 Å². The molecule has 0 bridgehead atoms. The van der Waals surface area contributed by atoms with Crippen LogP contribution in [0.1, 0.15) is 65.3 Å². The second-order valence-electron chi connectivity index (χ2n) is 9.38. The third-order valence-electron chi connectivity index (χ3n) is 6.62. The lowest BCUT2D eigenvalue weighted by Gasteiger charge is -2.25. The van der Waals surface area contributed by atoms with Gasteiger partial charge in [-0.2, -0.15) is 0 Å². The molecule has 0 spiro atoms. The number of pyridine rings is 1. The Kier molecular flexibility index (Phi) is 5.96. The van der Waals surface area contributed by atoms with Crippen LogP contribution in [0.25, 0.3) is 17.2 Å². The molecule has 1 fully saturated rings. The monoisotopic (exact) mass is 454 g/mol. The van der Waals surface area contributed by atoms with E-state index in [-0.39, 0.29) is 12.5 Å². The summed E-state index contributed by atoms with van der Waals surface area (Å²) >= 11 is 0. The smallest absolute Gasteiger partial charge is 0.262 e. The molecule has 2 aliphatic rings. The molecule has 1 amide bonds. The van der Waals surface area contributed by atoms with Crippen molar-refractivity contribution in [2.24, 2.45) is 0 Å². The fraction of sp³-hybridized carbons (Fsp3) is 0.310. The van der Waals surface area contributed by atoms with Crippen molar-refractivity contribution in [3.8, 4) is 16.9 Å². The predicted molar refractivity (Wildman–Crippen MR) is 135 cm³/mol. The number of fused-ring (bicyclic) bond motifs is 1. The van der Waals surface area contributed by atoms with Gasteiger partial charge in [-0.25, -0.2) is 0 Å². The molecule has 5 rings (SSSR count). The van der Waals surface area contributed by atoms with Gasteiger partial charge in [0.15, 0.2) is 0 Å². The normalized spacial score (nSPS) is 15.4. The van der Waals surface area contributed by atoms with Gasteiger partial charge in [0.2, 0.25) is 0 Å². The topological polar surface area (TPSA) is 62.7 Å². The van der Waals surface area contributed by atoms with Gasteiger partial charge in [0.1, 0.15) is 12.4 Å². The van der Waals surface area contributed by atoms with E-state index in [9.17, 15) is 9.90 Å². The molecule has 1 aliphatic carbocycles. The highest BCUT2D eigenvalue weighted by atomic mass is 16.5. The minimum atomic E-state index is -0.181. The van der Waals surface area contributed by atoms with Crippen molar-refractivity contribution >= 4 is 17.7 Å². The third-order valence-corrected chi connectivity index (χ3v) is 6.62. The van der Waals surface area contributed by atoms with Crippen LogP contribution in [0.5, 0.6) is 5.75 Å². The first-order chi connectivity index (χ1) is 16.5. The van der Waals surface area contributed by atoms with E-state index in [1.54, 1.807) is 11.1 Å². The molecule has 1 aliphatic heterocycles.